The topological polar surface area (TPSA) is 43.7 Å². The number of halogens is 2. The van der Waals surface area contributed by atoms with Crippen LogP contribution in [-0.2, 0) is 0 Å². The zero-order chi connectivity index (χ0) is 10.2. The molecule has 0 saturated carbocycles. The van der Waals surface area contributed by atoms with E-state index in [1.165, 1.54) is 4.67 Å². The predicted molar refractivity (Wildman–Crippen MR) is 55.2 cm³/mol. The van der Waals surface area contributed by atoms with E-state index >= 15 is 0 Å². The van der Waals surface area contributed by atoms with Gasteiger partial charge in [0, 0.05) is 0 Å². The predicted octanol–water partition coefficient (Wildman–Crippen LogP) is 2.70. The second-order valence-electron chi connectivity index (χ2n) is 3.35. The van der Waals surface area contributed by atoms with Gasteiger partial charge in [-0.1, -0.05) is 0 Å². The zero-order valence-electron chi connectivity index (χ0n) is 7.70. The van der Waals surface area contributed by atoms with Crippen LogP contribution in [0.5, 0.6) is 0 Å². The van der Waals surface area contributed by atoms with Gasteiger partial charge in [0.25, 0.3) is 0 Å². The average molecular weight is 236 g/mol. The summed E-state index contributed by atoms with van der Waals surface area (Å²) in [5.74, 6) is -4.60. The van der Waals surface area contributed by atoms with Crippen LogP contribution >= 0.6 is 28.4 Å². The van der Waals surface area contributed by atoms with Crippen molar-refractivity contribution in [3.63, 3.8) is 0 Å². The molecule has 0 amide bonds. The van der Waals surface area contributed by atoms with Gasteiger partial charge in [-0.2, -0.15) is 0 Å². The summed E-state index contributed by atoms with van der Waals surface area (Å²) in [4.78, 5) is 18.9. The monoisotopic (exact) mass is 235 g/mol. The van der Waals surface area contributed by atoms with Gasteiger partial charge in [-0.15, -0.1) is 0 Å². The third-order valence-corrected chi connectivity index (χ3v) is 4.17. The Morgan fingerprint density at radius 1 is 1.00 bits per heavy atom. The SMILES string of the molecule is CC(C)N(C(C)C)P(O)(O)(Cl)Cl. The van der Waals surface area contributed by atoms with Crippen LogP contribution in [0, 0.1) is 0 Å². The fraction of sp³-hybridized carbons (Fsp3) is 1.00. The van der Waals surface area contributed by atoms with Crippen LogP contribution in [0.15, 0.2) is 0 Å². The molecule has 0 aliphatic carbocycles. The first-order valence-electron chi connectivity index (χ1n) is 3.76. The van der Waals surface area contributed by atoms with E-state index in [1.807, 2.05) is 0 Å². The average Bonchev–Trinajstić information content (AvgIpc) is 1.51. The second-order valence-corrected chi connectivity index (χ2v) is 9.64. The van der Waals surface area contributed by atoms with Gasteiger partial charge in [0.2, 0.25) is 0 Å². The number of hydrogen-bond acceptors (Lipinski definition) is 3. The van der Waals surface area contributed by atoms with Crippen molar-refractivity contribution < 1.29 is 9.79 Å². The molecule has 0 bridgehead atoms. The first-order chi connectivity index (χ1) is 5.02. The van der Waals surface area contributed by atoms with Gasteiger partial charge < -0.3 is 0 Å². The Bertz CT molecular complexity index is 149. The van der Waals surface area contributed by atoms with Crippen molar-refractivity contribution in [1.29, 1.82) is 0 Å². The van der Waals surface area contributed by atoms with Gasteiger partial charge >= 0.3 is 82.6 Å². The fourth-order valence-electron chi connectivity index (χ4n) is 1.36. The molecule has 0 fully saturated rings. The Kier molecular flexibility index (Phi) is 3.83. The Balaban J connectivity index is 4.77. The van der Waals surface area contributed by atoms with Crippen molar-refractivity contribution >= 4 is 28.4 Å². The van der Waals surface area contributed by atoms with Crippen LogP contribution in [0.4, 0.5) is 0 Å². The van der Waals surface area contributed by atoms with Crippen molar-refractivity contribution in [2.24, 2.45) is 0 Å². The molecule has 0 atom stereocenters. The van der Waals surface area contributed by atoms with E-state index in [-0.39, 0.29) is 12.1 Å². The van der Waals surface area contributed by atoms with Crippen LogP contribution in [0.3, 0.4) is 0 Å². The van der Waals surface area contributed by atoms with E-state index in [4.69, 9.17) is 22.5 Å². The van der Waals surface area contributed by atoms with E-state index in [0.29, 0.717) is 0 Å². The number of nitrogens with zero attached hydrogens (tertiary/aromatic N) is 1. The number of hydrogen-bond donors (Lipinski definition) is 2. The minimum atomic E-state index is -4.60. The molecule has 0 rings (SSSR count). The van der Waals surface area contributed by atoms with Crippen molar-refractivity contribution in [3.8, 4) is 0 Å². The quantitative estimate of drug-likeness (QED) is 0.740. The molecule has 3 nitrogen and oxygen atoms in total. The van der Waals surface area contributed by atoms with E-state index < -0.39 is 5.91 Å². The summed E-state index contributed by atoms with van der Waals surface area (Å²) >= 11 is 11.0. The summed E-state index contributed by atoms with van der Waals surface area (Å²) in [5, 5.41) is 0. The van der Waals surface area contributed by atoms with Gasteiger partial charge in [-0.25, -0.2) is 0 Å². The molecule has 0 saturated heterocycles. The molecule has 0 spiro atoms. The normalized spacial score (nSPS) is 17.1. The fourth-order valence-corrected chi connectivity index (χ4v) is 4.98. The van der Waals surface area contributed by atoms with E-state index in [9.17, 15) is 9.79 Å². The van der Waals surface area contributed by atoms with Crippen molar-refractivity contribution in [3.05, 3.63) is 0 Å². The standard InChI is InChI=1S/C6H16Cl2NO2P/c1-5(2)9(6(3)4)12(7,8,10)11/h5-6,10-11H,1-4H3. The molecular formula is C6H16Cl2NO2P. The Labute approximate surface area is 83.0 Å². The van der Waals surface area contributed by atoms with Crippen LogP contribution in [0.2, 0.25) is 0 Å². The summed E-state index contributed by atoms with van der Waals surface area (Å²) in [6, 6.07) is -0.208. The molecular weight excluding hydrogens is 220 g/mol. The zero-order valence-corrected chi connectivity index (χ0v) is 10.1. The molecule has 0 heterocycles. The Morgan fingerprint density at radius 2 is 1.25 bits per heavy atom. The molecule has 0 aliphatic rings. The molecule has 0 aromatic rings. The van der Waals surface area contributed by atoms with E-state index in [0.717, 1.165) is 0 Å². The minimum absolute atomic E-state index is 0.104. The summed E-state index contributed by atoms with van der Waals surface area (Å²) in [7, 11) is 0. The molecule has 76 valence electrons. The molecule has 0 aromatic carbocycles. The van der Waals surface area contributed by atoms with E-state index in [2.05, 4.69) is 0 Å². The van der Waals surface area contributed by atoms with Crippen LogP contribution in [-0.4, -0.2) is 26.5 Å². The maximum atomic E-state index is 9.43. The first kappa shape index (κ1) is 12.9. The van der Waals surface area contributed by atoms with E-state index in [1.54, 1.807) is 27.7 Å². The molecule has 2 N–H and O–H groups in total. The van der Waals surface area contributed by atoms with Gasteiger partial charge in [0.05, 0.1) is 0 Å². The molecule has 0 radical (unpaired) electrons. The van der Waals surface area contributed by atoms with Crippen LogP contribution < -0.4 is 0 Å². The van der Waals surface area contributed by atoms with Crippen molar-refractivity contribution in [2.45, 2.75) is 39.8 Å². The maximum absolute atomic E-state index is 9.43. The Morgan fingerprint density at radius 3 is 1.25 bits per heavy atom. The summed E-state index contributed by atoms with van der Waals surface area (Å²) in [6.45, 7) is 7.22. The van der Waals surface area contributed by atoms with Crippen molar-refractivity contribution in [1.82, 2.24) is 4.67 Å². The molecule has 0 unspecified atom stereocenters. The first-order valence-corrected chi connectivity index (χ1v) is 7.67. The molecule has 0 aromatic heterocycles. The summed E-state index contributed by atoms with van der Waals surface area (Å²) in [6.07, 6.45) is 0. The van der Waals surface area contributed by atoms with Crippen LogP contribution in [0.1, 0.15) is 27.7 Å². The molecule has 6 heteroatoms. The van der Waals surface area contributed by atoms with Gasteiger partial charge in [0.1, 0.15) is 0 Å². The third-order valence-electron chi connectivity index (χ3n) is 1.44. The Hall–Kier alpha value is 0.890. The van der Waals surface area contributed by atoms with Gasteiger partial charge in [-0.05, 0) is 0 Å². The third kappa shape index (κ3) is 3.73. The van der Waals surface area contributed by atoms with Crippen LogP contribution in [0.25, 0.3) is 0 Å². The number of rotatable bonds is 3. The second kappa shape index (κ2) is 3.56. The van der Waals surface area contributed by atoms with Gasteiger partial charge in [0.15, 0.2) is 0 Å². The molecule has 0 aliphatic heterocycles. The van der Waals surface area contributed by atoms with Gasteiger partial charge in [-0.3, -0.25) is 0 Å². The molecule has 12 heavy (non-hydrogen) atoms. The summed E-state index contributed by atoms with van der Waals surface area (Å²) in [5.41, 5.74) is 0. The summed E-state index contributed by atoms with van der Waals surface area (Å²) < 4.78 is 1.31. The van der Waals surface area contributed by atoms with Crippen molar-refractivity contribution in [2.75, 3.05) is 0 Å².